The fraction of sp³-hybridized carbons (Fsp3) is 0.973. The van der Waals surface area contributed by atoms with Crippen molar-refractivity contribution in [1.29, 1.82) is 0 Å². The summed E-state index contributed by atoms with van der Waals surface area (Å²) in [5, 5.41) is 13.9. The van der Waals surface area contributed by atoms with E-state index in [2.05, 4.69) is 13.8 Å². The molecule has 0 fully saturated rings. The number of rotatable bonds is 34. The minimum absolute atomic E-state index is 0. The predicted octanol–water partition coefficient (Wildman–Crippen LogP) is 13.1. The molecule has 0 aliphatic rings. The van der Waals surface area contributed by atoms with Gasteiger partial charge in [0.1, 0.15) is 0 Å². The zero-order valence-electron chi connectivity index (χ0n) is 28.3. The second-order valence-electron chi connectivity index (χ2n) is 12.5. The van der Waals surface area contributed by atoms with Gasteiger partial charge in [-0.05, 0) is 12.8 Å². The van der Waals surface area contributed by atoms with Gasteiger partial charge in [0.2, 0.25) is 0 Å². The molecule has 0 saturated carbocycles. The zero-order chi connectivity index (χ0) is 30.3. The van der Waals surface area contributed by atoms with Crippen molar-refractivity contribution in [3.63, 3.8) is 0 Å². The molecule has 0 aliphatic carbocycles. The van der Waals surface area contributed by atoms with E-state index in [1.807, 2.05) is 0 Å². The van der Waals surface area contributed by atoms with Crippen LogP contribution in [-0.4, -0.2) is 59.1 Å². The van der Waals surface area contributed by atoms with Gasteiger partial charge in [-0.2, -0.15) is 0 Å². The Balaban J connectivity index is -0.00000284. The van der Waals surface area contributed by atoms with Gasteiger partial charge in [-0.1, -0.05) is 206 Å². The van der Waals surface area contributed by atoms with E-state index >= 15 is 0 Å². The van der Waals surface area contributed by atoms with E-state index in [0.717, 1.165) is 13.2 Å². The van der Waals surface area contributed by atoms with Crippen molar-refractivity contribution in [3.05, 3.63) is 0 Å². The first kappa shape index (κ1) is 46.6. The molecule has 4 nitrogen and oxygen atoms in total. The Bertz CT molecular complexity index is 423. The minimum atomic E-state index is -1.83. The maximum atomic E-state index is 8.56. The monoisotopic (exact) mass is 609 g/mol. The Hall–Kier alpha value is 0.230. The van der Waals surface area contributed by atoms with E-state index in [0.29, 0.717) is 0 Å². The van der Waals surface area contributed by atoms with Crippen LogP contribution in [0.4, 0.5) is 4.79 Å². The molecule has 0 amide bonds. The number of hydrogen-bond donors (Lipinski definition) is 2. The van der Waals surface area contributed by atoms with Gasteiger partial charge >= 0.3 is 35.7 Å². The fourth-order valence-electron chi connectivity index (χ4n) is 5.61. The second kappa shape index (κ2) is 45.7. The van der Waals surface area contributed by atoms with Gasteiger partial charge in [0.15, 0.2) is 0 Å². The van der Waals surface area contributed by atoms with Gasteiger partial charge in [0.05, 0.1) is 0 Å². The first-order valence-electron chi connectivity index (χ1n) is 18.6. The van der Waals surface area contributed by atoms with Crippen LogP contribution < -0.4 is 0 Å². The third kappa shape index (κ3) is 52.8. The number of carbonyl (C=O) groups is 1. The average molecular weight is 609 g/mol. The van der Waals surface area contributed by atoms with Crippen LogP contribution in [0.5, 0.6) is 0 Å². The van der Waals surface area contributed by atoms with Gasteiger partial charge in [-0.3, -0.25) is 0 Å². The first-order chi connectivity index (χ1) is 20.1. The molecule has 0 aromatic rings. The molecular weight excluding hydrogens is 531 g/mol. The van der Waals surface area contributed by atoms with Crippen molar-refractivity contribution in [1.82, 2.24) is 0 Å². The van der Waals surface area contributed by atoms with E-state index < -0.39 is 6.16 Å². The molecule has 0 saturated heterocycles. The Morgan fingerprint density at radius 1 is 0.357 bits per heavy atom. The summed E-state index contributed by atoms with van der Waals surface area (Å²) < 4.78 is 5.87. The summed E-state index contributed by atoms with van der Waals surface area (Å²) in [5.41, 5.74) is 0. The van der Waals surface area contributed by atoms with Crippen LogP contribution in [0.15, 0.2) is 0 Å². The molecule has 0 unspecified atom stereocenters. The normalized spacial score (nSPS) is 10.7. The SMILES string of the molecule is CCCCCCCCCCCCCCCCCCOCCCCCCCCCCCCCCCCCC.O=C(O)O.[NaH]. The summed E-state index contributed by atoms with van der Waals surface area (Å²) in [6.45, 7) is 6.60. The van der Waals surface area contributed by atoms with Gasteiger partial charge in [0, 0.05) is 13.2 Å². The molecule has 0 bridgehead atoms. The van der Waals surface area contributed by atoms with Crippen LogP contribution in [0.2, 0.25) is 0 Å². The quantitative estimate of drug-likeness (QED) is 0.0563. The second-order valence-corrected chi connectivity index (χ2v) is 12.5. The van der Waals surface area contributed by atoms with Gasteiger partial charge in [0.25, 0.3) is 0 Å². The Kier molecular flexibility index (Phi) is 50.7. The summed E-state index contributed by atoms with van der Waals surface area (Å²) in [6.07, 6.45) is 44.2. The third-order valence-electron chi connectivity index (χ3n) is 8.28. The maximum absolute atomic E-state index is 8.56. The molecule has 0 aromatic heterocycles. The number of ether oxygens (including phenoxy) is 1. The fourth-order valence-corrected chi connectivity index (χ4v) is 5.61. The van der Waals surface area contributed by atoms with E-state index in [-0.39, 0.29) is 29.6 Å². The number of carboxylic acid groups (broad SMARTS) is 2. The van der Waals surface area contributed by atoms with Crippen molar-refractivity contribution in [3.8, 4) is 0 Å². The summed E-state index contributed by atoms with van der Waals surface area (Å²) in [5.74, 6) is 0. The molecule has 0 aromatic carbocycles. The van der Waals surface area contributed by atoms with Crippen molar-refractivity contribution in [2.24, 2.45) is 0 Å². The van der Waals surface area contributed by atoms with Crippen molar-refractivity contribution in [2.75, 3.05) is 13.2 Å². The predicted molar refractivity (Wildman–Crippen MR) is 188 cm³/mol. The van der Waals surface area contributed by atoms with Crippen LogP contribution in [0, 0.1) is 0 Å². The van der Waals surface area contributed by atoms with E-state index in [9.17, 15) is 0 Å². The van der Waals surface area contributed by atoms with Gasteiger partial charge in [-0.15, -0.1) is 0 Å². The van der Waals surface area contributed by atoms with Crippen LogP contribution in [-0.2, 0) is 4.74 Å². The molecule has 0 atom stereocenters. The van der Waals surface area contributed by atoms with Crippen LogP contribution in [0.3, 0.4) is 0 Å². The van der Waals surface area contributed by atoms with E-state index in [1.165, 1.54) is 205 Å². The molecule has 2 N–H and O–H groups in total. The Labute approximate surface area is 286 Å². The molecule has 0 aliphatic heterocycles. The Morgan fingerprint density at radius 2 is 0.500 bits per heavy atom. The third-order valence-corrected chi connectivity index (χ3v) is 8.28. The van der Waals surface area contributed by atoms with E-state index in [1.54, 1.807) is 0 Å². The van der Waals surface area contributed by atoms with E-state index in [4.69, 9.17) is 19.7 Å². The summed E-state index contributed by atoms with van der Waals surface area (Å²) >= 11 is 0. The molecule has 0 spiro atoms. The molecule has 0 rings (SSSR count). The van der Waals surface area contributed by atoms with Crippen LogP contribution >= 0.6 is 0 Å². The molecular formula is C37H77NaO4. The molecule has 0 heterocycles. The number of hydrogen-bond acceptors (Lipinski definition) is 2. The molecule has 42 heavy (non-hydrogen) atoms. The Morgan fingerprint density at radius 3 is 0.667 bits per heavy atom. The average Bonchev–Trinajstić information content (AvgIpc) is 2.95. The van der Waals surface area contributed by atoms with Crippen LogP contribution in [0.1, 0.15) is 219 Å². The summed E-state index contributed by atoms with van der Waals surface area (Å²) in [7, 11) is 0. The zero-order valence-corrected chi connectivity index (χ0v) is 28.3. The van der Waals surface area contributed by atoms with Crippen molar-refractivity contribution < 1.29 is 19.7 Å². The van der Waals surface area contributed by atoms with Gasteiger partial charge < -0.3 is 14.9 Å². The molecule has 250 valence electrons. The summed E-state index contributed by atoms with van der Waals surface area (Å²) in [6, 6.07) is 0. The standard InChI is InChI=1S/C36H74O.CH2O3.Na.H/c1-3-5-7-9-11-13-15-17-19-21-23-25-27-29-31-33-35-37-36-34-32-30-28-26-24-22-20-18-16-14-12-10-8-6-4-2;2-1(3)4;;/h3-36H2,1-2H3;(H2,2,3,4);;. The first-order valence-corrected chi connectivity index (χ1v) is 18.6. The molecule has 5 heteroatoms. The van der Waals surface area contributed by atoms with Gasteiger partial charge in [-0.25, -0.2) is 4.79 Å². The topological polar surface area (TPSA) is 66.8 Å². The summed E-state index contributed by atoms with van der Waals surface area (Å²) in [4.78, 5) is 8.56. The van der Waals surface area contributed by atoms with Crippen molar-refractivity contribution in [2.45, 2.75) is 219 Å². The molecule has 0 radical (unpaired) electrons. The van der Waals surface area contributed by atoms with Crippen molar-refractivity contribution >= 4 is 35.7 Å². The number of unbranched alkanes of at least 4 members (excludes halogenated alkanes) is 30. The van der Waals surface area contributed by atoms with Crippen LogP contribution in [0.25, 0.3) is 0 Å².